The van der Waals surface area contributed by atoms with Crippen molar-refractivity contribution in [3.63, 3.8) is 0 Å². The fourth-order valence-electron chi connectivity index (χ4n) is 4.18. The number of halogens is 2. The SMILES string of the molecule is CCS(=O)(=O)c1ccc([C@H](CO)C(=O)Cc2cc(Cl)c(-c3ccc(S(=O)(=O)C4CC4)cc3)c(Cl)c2)cc1. The maximum Gasteiger partial charge on any atom is 0.181 e. The summed E-state index contributed by atoms with van der Waals surface area (Å²) in [6.07, 6.45) is 1.33. The maximum atomic E-state index is 13.0. The van der Waals surface area contributed by atoms with Gasteiger partial charge in [-0.3, -0.25) is 4.79 Å². The van der Waals surface area contributed by atoms with E-state index in [2.05, 4.69) is 0 Å². The van der Waals surface area contributed by atoms with Crippen LogP contribution in [-0.2, 0) is 30.9 Å². The van der Waals surface area contributed by atoms with Crippen molar-refractivity contribution >= 4 is 48.7 Å². The molecule has 1 N–H and O–H groups in total. The monoisotopic (exact) mass is 580 g/mol. The van der Waals surface area contributed by atoms with Crippen LogP contribution < -0.4 is 0 Å². The second-order valence-electron chi connectivity index (χ2n) is 9.05. The lowest BCUT2D eigenvalue weighted by molar-refractivity contribution is -0.120. The van der Waals surface area contributed by atoms with Gasteiger partial charge >= 0.3 is 0 Å². The first-order valence-electron chi connectivity index (χ1n) is 11.8. The van der Waals surface area contributed by atoms with E-state index in [1.54, 1.807) is 43.3 Å². The molecule has 196 valence electrons. The molecule has 0 bridgehead atoms. The highest BCUT2D eigenvalue weighted by Gasteiger charge is 2.36. The topological polar surface area (TPSA) is 106 Å². The Labute approximate surface area is 227 Å². The van der Waals surface area contributed by atoms with Gasteiger partial charge in [-0.15, -0.1) is 0 Å². The van der Waals surface area contributed by atoms with E-state index in [1.165, 1.54) is 24.3 Å². The molecule has 0 aliphatic heterocycles. The van der Waals surface area contributed by atoms with Crippen molar-refractivity contribution in [1.29, 1.82) is 0 Å². The Morgan fingerprint density at radius 1 is 0.919 bits per heavy atom. The summed E-state index contributed by atoms with van der Waals surface area (Å²) in [5, 5.41) is 10.2. The molecule has 1 atom stereocenters. The van der Waals surface area contributed by atoms with Crippen LogP contribution in [0.4, 0.5) is 0 Å². The predicted octanol–water partition coefficient (Wildman–Crippen LogP) is 5.28. The number of aliphatic hydroxyl groups is 1. The number of carbonyl (C=O) groups is 1. The second-order valence-corrected chi connectivity index (χ2v) is 14.4. The summed E-state index contributed by atoms with van der Waals surface area (Å²) in [6, 6.07) is 15.6. The van der Waals surface area contributed by atoms with Gasteiger partial charge in [0.1, 0.15) is 5.78 Å². The Balaban J connectivity index is 1.53. The highest BCUT2D eigenvalue weighted by atomic mass is 35.5. The largest absolute Gasteiger partial charge is 0.395 e. The van der Waals surface area contributed by atoms with E-state index >= 15 is 0 Å². The summed E-state index contributed by atoms with van der Waals surface area (Å²) < 4.78 is 49.0. The highest BCUT2D eigenvalue weighted by Crippen LogP contribution is 2.38. The molecule has 1 fully saturated rings. The molecule has 0 heterocycles. The van der Waals surface area contributed by atoms with Crippen molar-refractivity contribution in [3.8, 4) is 11.1 Å². The highest BCUT2D eigenvalue weighted by molar-refractivity contribution is 7.92. The van der Waals surface area contributed by atoms with E-state index < -0.39 is 32.2 Å². The smallest absolute Gasteiger partial charge is 0.181 e. The standard InChI is InChI=1S/C27H26Cl2O6S2/c1-2-36(32,33)20-7-3-18(4-8-20)23(16-30)26(31)15-17-13-24(28)27(25(29)14-17)19-5-9-21(10-6-19)37(34,35)22-11-12-22/h3-10,13-14,22-23,30H,2,11-12,15-16H2,1H3/t23-/m0/s1. The van der Waals surface area contributed by atoms with Gasteiger partial charge in [0.15, 0.2) is 19.7 Å². The Morgan fingerprint density at radius 3 is 1.95 bits per heavy atom. The van der Waals surface area contributed by atoms with Crippen LogP contribution in [0.5, 0.6) is 0 Å². The van der Waals surface area contributed by atoms with E-state index in [0.29, 0.717) is 45.1 Å². The minimum atomic E-state index is -3.37. The van der Waals surface area contributed by atoms with Crippen molar-refractivity contribution in [2.45, 2.75) is 47.1 Å². The fourth-order valence-corrected chi connectivity index (χ4v) is 7.47. The van der Waals surface area contributed by atoms with Crippen molar-refractivity contribution in [1.82, 2.24) is 0 Å². The first-order chi connectivity index (χ1) is 17.5. The number of aliphatic hydroxyl groups excluding tert-OH is 1. The van der Waals surface area contributed by atoms with Crippen LogP contribution in [0.3, 0.4) is 0 Å². The predicted molar refractivity (Wildman–Crippen MR) is 145 cm³/mol. The third-order valence-electron chi connectivity index (χ3n) is 6.51. The lowest BCUT2D eigenvalue weighted by Gasteiger charge is -2.16. The number of sulfone groups is 2. The normalized spacial score (nSPS) is 14.9. The third-order valence-corrected chi connectivity index (χ3v) is 11.1. The number of hydrogen-bond acceptors (Lipinski definition) is 6. The summed E-state index contributed by atoms with van der Waals surface area (Å²) in [5.41, 5.74) is 2.25. The summed E-state index contributed by atoms with van der Waals surface area (Å²) >= 11 is 13.1. The molecule has 4 rings (SSSR count). The van der Waals surface area contributed by atoms with Crippen LogP contribution in [0.25, 0.3) is 11.1 Å². The summed E-state index contributed by atoms with van der Waals surface area (Å²) in [6.45, 7) is 1.12. The number of carbonyl (C=O) groups excluding carboxylic acids is 1. The van der Waals surface area contributed by atoms with Crippen LogP contribution in [0, 0.1) is 0 Å². The Morgan fingerprint density at radius 2 is 1.46 bits per heavy atom. The van der Waals surface area contributed by atoms with E-state index in [9.17, 15) is 26.7 Å². The van der Waals surface area contributed by atoms with Crippen LogP contribution in [0.15, 0.2) is 70.5 Å². The van der Waals surface area contributed by atoms with Crippen LogP contribution in [-0.4, -0.2) is 45.3 Å². The molecule has 37 heavy (non-hydrogen) atoms. The van der Waals surface area contributed by atoms with Gasteiger partial charge < -0.3 is 5.11 Å². The average Bonchev–Trinajstić information content (AvgIpc) is 3.71. The molecule has 0 amide bonds. The van der Waals surface area contributed by atoms with Crippen molar-refractivity contribution in [2.75, 3.05) is 12.4 Å². The van der Waals surface area contributed by atoms with E-state index in [1.807, 2.05) is 0 Å². The second kappa shape index (κ2) is 10.9. The fraction of sp³-hybridized carbons (Fsp3) is 0.296. The molecule has 0 saturated heterocycles. The van der Waals surface area contributed by atoms with Gasteiger partial charge in [0.2, 0.25) is 0 Å². The number of benzene rings is 3. The molecule has 0 radical (unpaired) electrons. The molecule has 3 aromatic carbocycles. The van der Waals surface area contributed by atoms with E-state index in [-0.39, 0.29) is 33.0 Å². The number of ketones is 1. The number of Topliss-reactive ketones (excluding diaryl/α,β-unsaturated/α-hetero) is 1. The first-order valence-corrected chi connectivity index (χ1v) is 15.7. The molecule has 10 heteroatoms. The Kier molecular flexibility index (Phi) is 8.16. The zero-order chi connectivity index (χ0) is 27.0. The minimum absolute atomic E-state index is 0.0318. The Hall–Kier alpha value is -2.23. The molecule has 1 aliphatic rings. The summed E-state index contributed by atoms with van der Waals surface area (Å²) in [7, 11) is -6.67. The third kappa shape index (κ3) is 5.94. The molecule has 0 spiro atoms. The van der Waals surface area contributed by atoms with Gasteiger partial charge in [0.25, 0.3) is 0 Å². The number of rotatable bonds is 10. The van der Waals surface area contributed by atoms with Gasteiger partial charge in [0, 0.05) is 12.0 Å². The van der Waals surface area contributed by atoms with Crippen LogP contribution in [0.2, 0.25) is 10.0 Å². The van der Waals surface area contributed by atoms with Gasteiger partial charge in [0.05, 0.1) is 43.4 Å². The zero-order valence-corrected chi connectivity index (χ0v) is 23.2. The van der Waals surface area contributed by atoms with Crippen LogP contribution >= 0.6 is 23.2 Å². The molecule has 3 aromatic rings. The quantitative estimate of drug-likeness (QED) is 0.350. The molecule has 6 nitrogen and oxygen atoms in total. The van der Waals surface area contributed by atoms with Gasteiger partial charge in [-0.25, -0.2) is 16.8 Å². The van der Waals surface area contributed by atoms with Gasteiger partial charge in [-0.05, 0) is 65.9 Å². The molecule has 0 unspecified atom stereocenters. The molecular weight excluding hydrogens is 555 g/mol. The van der Waals surface area contributed by atoms with Crippen molar-refractivity contribution in [2.24, 2.45) is 0 Å². The van der Waals surface area contributed by atoms with Gasteiger partial charge in [-0.2, -0.15) is 0 Å². The zero-order valence-electron chi connectivity index (χ0n) is 20.0. The lowest BCUT2D eigenvalue weighted by Crippen LogP contribution is -2.19. The molecule has 1 saturated carbocycles. The van der Waals surface area contributed by atoms with E-state index in [4.69, 9.17) is 23.2 Å². The van der Waals surface area contributed by atoms with Gasteiger partial charge in [-0.1, -0.05) is 54.4 Å². The molecule has 0 aromatic heterocycles. The first kappa shape index (κ1) is 27.8. The summed E-state index contributed by atoms with van der Waals surface area (Å²) in [5.74, 6) is -1.14. The van der Waals surface area contributed by atoms with Crippen molar-refractivity contribution < 1.29 is 26.7 Å². The molecular formula is C27H26Cl2O6S2. The van der Waals surface area contributed by atoms with Crippen LogP contribution in [0.1, 0.15) is 36.8 Å². The van der Waals surface area contributed by atoms with E-state index in [0.717, 1.165) is 0 Å². The molecule has 1 aliphatic carbocycles. The minimum Gasteiger partial charge on any atom is -0.395 e. The Bertz CT molecular complexity index is 1500. The maximum absolute atomic E-state index is 13.0. The lowest BCUT2D eigenvalue weighted by atomic mass is 9.91. The summed E-state index contributed by atoms with van der Waals surface area (Å²) in [4.78, 5) is 13.5. The van der Waals surface area contributed by atoms with Crippen molar-refractivity contribution in [3.05, 3.63) is 81.8 Å². The number of hydrogen-bond donors (Lipinski definition) is 1. The average molecular weight is 582 g/mol.